The summed E-state index contributed by atoms with van der Waals surface area (Å²) in [6, 6.07) is 17.2. The molecule has 1 aromatic carbocycles. The van der Waals surface area contributed by atoms with Crippen molar-refractivity contribution in [2.24, 2.45) is 7.05 Å². The molecule has 0 unspecified atom stereocenters. The first kappa shape index (κ1) is 19.6. The SMILES string of the molecule is Cc1cc([C@H]2[C@@H](c3ccccn3)NC(=S)N2c2ccc(C(C)C)cc2)c(C)n1C. The number of rotatable bonds is 4. The number of benzene rings is 1. The number of hydrogen-bond acceptors (Lipinski definition) is 2. The molecule has 0 aliphatic carbocycles. The van der Waals surface area contributed by atoms with Crippen LogP contribution in [0.3, 0.4) is 0 Å². The number of nitrogens with one attached hydrogen (secondary N) is 1. The second-order valence-electron chi connectivity index (χ2n) is 8.13. The molecular formula is C24H28N4S. The monoisotopic (exact) mass is 404 g/mol. The highest BCUT2D eigenvalue weighted by Crippen LogP contribution is 2.43. The quantitative estimate of drug-likeness (QED) is 0.595. The Balaban J connectivity index is 1.84. The van der Waals surface area contributed by atoms with E-state index < -0.39 is 0 Å². The number of aryl methyl sites for hydroxylation is 1. The van der Waals surface area contributed by atoms with Crippen molar-refractivity contribution in [2.75, 3.05) is 4.90 Å². The van der Waals surface area contributed by atoms with Crippen LogP contribution in [-0.2, 0) is 7.05 Å². The van der Waals surface area contributed by atoms with Crippen molar-refractivity contribution in [1.29, 1.82) is 0 Å². The van der Waals surface area contributed by atoms with Crippen LogP contribution in [0.2, 0.25) is 0 Å². The molecular weight excluding hydrogens is 376 g/mol. The van der Waals surface area contributed by atoms with Crippen LogP contribution in [0.15, 0.2) is 54.7 Å². The zero-order valence-corrected chi connectivity index (χ0v) is 18.5. The van der Waals surface area contributed by atoms with Crippen molar-refractivity contribution in [2.45, 2.75) is 45.7 Å². The highest BCUT2D eigenvalue weighted by Gasteiger charge is 2.42. The molecule has 0 spiro atoms. The van der Waals surface area contributed by atoms with E-state index >= 15 is 0 Å². The lowest BCUT2D eigenvalue weighted by atomic mass is 9.96. The fourth-order valence-electron chi connectivity index (χ4n) is 4.15. The largest absolute Gasteiger partial charge is 0.352 e. The van der Waals surface area contributed by atoms with Gasteiger partial charge in [0.05, 0.1) is 17.8 Å². The number of thiocarbonyl (C=S) groups is 1. The highest BCUT2D eigenvalue weighted by molar-refractivity contribution is 7.80. The maximum absolute atomic E-state index is 5.82. The van der Waals surface area contributed by atoms with E-state index in [9.17, 15) is 0 Å². The van der Waals surface area contributed by atoms with E-state index in [-0.39, 0.29) is 12.1 Å². The normalized spacial score (nSPS) is 19.1. The summed E-state index contributed by atoms with van der Waals surface area (Å²) in [7, 11) is 2.12. The second-order valence-corrected chi connectivity index (χ2v) is 8.52. The molecule has 1 fully saturated rings. The first-order valence-electron chi connectivity index (χ1n) is 10.1. The average Bonchev–Trinajstić information content (AvgIpc) is 3.20. The molecule has 5 heteroatoms. The van der Waals surface area contributed by atoms with Gasteiger partial charge in [0.2, 0.25) is 0 Å². The van der Waals surface area contributed by atoms with Gasteiger partial charge in [0.15, 0.2) is 5.11 Å². The molecule has 4 nitrogen and oxygen atoms in total. The minimum absolute atomic E-state index is 0.00558. The van der Waals surface area contributed by atoms with Crippen LogP contribution in [0, 0.1) is 13.8 Å². The van der Waals surface area contributed by atoms with Crippen LogP contribution in [0.5, 0.6) is 0 Å². The van der Waals surface area contributed by atoms with E-state index in [0.29, 0.717) is 5.92 Å². The zero-order valence-electron chi connectivity index (χ0n) is 17.7. The fourth-order valence-corrected chi connectivity index (χ4v) is 4.50. The summed E-state index contributed by atoms with van der Waals surface area (Å²) in [6.07, 6.45) is 1.85. The van der Waals surface area contributed by atoms with E-state index in [0.717, 1.165) is 16.5 Å². The molecule has 0 bridgehead atoms. The average molecular weight is 405 g/mol. The molecule has 1 N–H and O–H groups in total. The topological polar surface area (TPSA) is 33.1 Å². The summed E-state index contributed by atoms with van der Waals surface area (Å²) in [6.45, 7) is 8.76. The van der Waals surface area contributed by atoms with E-state index in [1.54, 1.807) is 0 Å². The maximum atomic E-state index is 5.82. The zero-order chi connectivity index (χ0) is 20.7. The smallest absolute Gasteiger partial charge is 0.174 e. The second kappa shape index (κ2) is 7.64. The molecule has 1 aliphatic rings. The molecule has 3 heterocycles. The summed E-state index contributed by atoms with van der Waals surface area (Å²) in [5.41, 5.74) is 7.21. The van der Waals surface area contributed by atoms with Crippen LogP contribution in [-0.4, -0.2) is 14.7 Å². The minimum Gasteiger partial charge on any atom is -0.352 e. The summed E-state index contributed by atoms with van der Waals surface area (Å²) >= 11 is 5.82. The molecule has 0 saturated carbocycles. The van der Waals surface area contributed by atoms with Crippen molar-refractivity contribution in [3.05, 3.63) is 82.9 Å². The summed E-state index contributed by atoms with van der Waals surface area (Å²) in [4.78, 5) is 6.89. The number of nitrogens with zero attached hydrogens (tertiary/aromatic N) is 3. The van der Waals surface area contributed by atoms with Crippen LogP contribution in [0.25, 0.3) is 0 Å². The van der Waals surface area contributed by atoms with E-state index in [1.165, 1.54) is 22.5 Å². The molecule has 0 radical (unpaired) electrons. The number of pyridine rings is 1. The van der Waals surface area contributed by atoms with Gasteiger partial charge in [-0.25, -0.2) is 0 Å². The Morgan fingerprint density at radius 1 is 1.07 bits per heavy atom. The van der Waals surface area contributed by atoms with Gasteiger partial charge in [0, 0.05) is 30.3 Å². The number of anilines is 1. The molecule has 3 aromatic rings. The highest BCUT2D eigenvalue weighted by atomic mass is 32.1. The van der Waals surface area contributed by atoms with Gasteiger partial charge in [-0.1, -0.05) is 32.0 Å². The number of hydrogen-bond donors (Lipinski definition) is 1. The van der Waals surface area contributed by atoms with E-state index in [1.807, 2.05) is 18.3 Å². The Labute approximate surface area is 178 Å². The summed E-state index contributed by atoms with van der Waals surface area (Å²) in [5, 5.41) is 4.29. The van der Waals surface area contributed by atoms with Gasteiger partial charge >= 0.3 is 0 Å². The van der Waals surface area contributed by atoms with E-state index in [4.69, 9.17) is 12.2 Å². The summed E-state index contributed by atoms with van der Waals surface area (Å²) < 4.78 is 2.24. The third-order valence-corrected chi connectivity index (χ3v) is 6.38. The van der Waals surface area contributed by atoms with Crippen LogP contribution in [0.4, 0.5) is 5.69 Å². The van der Waals surface area contributed by atoms with Crippen LogP contribution < -0.4 is 10.2 Å². The molecule has 29 heavy (non-hydrogen) atoms. The van der Waals surface area contributed by atoms with Crippen molar-refractivity contribution in [1.82, 2.24) is 14.9 Å². The first-order valence-corrected chi connectivity index (χ1v) is 10.5. The van der Waals surface area contributed by atoms with Crippen molar-refractivity contribution in [3.63, 3.8) is 0 Å². The first-order chi connectivity index (χ1) is 13.9. The predicted octanol–water partition coefficient (Wildman–Crippen LogP) is 5.34. The van der Waals surface area contributed by atoms with Gasteiger partial charge in [-0.3, -0.25) is 4.98 Å². The van der Waals surface area contributed by atoms with E-state index in [2.05, 4.69) is 90.9 Å². The third kappa shape index (κ3) is 3.44. The Hall–Kier alpha value is -2.66. The molecule has 4 rings (SSSR count). The van der Waals surface area contributed by atoms with Gasteiger partial charge in [-0.05, 0) is 73.4 Å². The van der Waals surface area contributed by atoms with Crippen molar-refractivity contribution < 1.29 is 0 Å². The van der Waals surface area contributed by atoms with Gasteiger partial charge in [0.25, 0.3) is 0 Å². The Morgan fingerprint density at radius 2 is 1.79 bits per heavy atom. The van der Waals surface area contributed by atoms with Gasteiger partial charge in [0.1, 0.15) is 0 Å². The lowest BCUT2D eigenvalue weighted by molar-refractivity contribution is 0.564. The predicted molar refractivity (Wildman–Crippen MR) is 123 cm³/mol. The van der Waals surface area contributed by atoms with Crippen molar-refractivity contribution >= 4 is 23.0 Å². The van der Waals surface area contributed by atoms with Gasteiger partial charge in [-0.15, -0.1) is 0 Å². The molecule has 1 saturated heterocycles. The maximum Gasteiger partial charge on any atom is 0.174 e. The molecule has 1 aliphatic heterocycles. The molecule has 150 valence electrons. The minimum atomic E-state index is -0.00558. The Morgan fingerprint density at radius 3 is 2.34 bits per heavy atom. The Kier molecular flexibility index (Phi) is 5.17. The Bertz CT molecular complexity index is 1020. The van der Waals surface area contributed by atoms with Gasteiger partial charge < -0.3 is 14.8 Å². The fraction of sp³-hybridized carbons (Fsp3) is 0.333. The standard InChI is InChI=1S/C24H28N4S/c1-15(2)18-9-11-19(12-10-18)28-23(20-14-16(3)27(5)17(20)4)22(26-24(28)29)21-8-6-7-13-25-21/h6-15,22-23H,1-5H3,(H,26,29)/t22-,23+/m1/s1. The summed E-state index contributed by atoms with van der Waals surface area (Å²) in [5.74, 6) is 0.504. The molecule has 2 aromatic heterocycles. The molecule has 2 atom stereocenters. The van der Waals surface area contributed by atoms with Gasteiger partial charge in [-0.2, -0.15) is 0 Å². The lowest BCUT2D eigenvalue weighted by Crippen LogP contribution is -2.29. The third-order valence-electron chi connectivity index (χ3n) is 6.07. The van der Waals surface area contributed by atoms with Crippen LogP contribution >= 0.6 is 12.2 Å². The molecule has 0 amide bonds. The lowest BCUT2D eigenvalue weighted by Gasteiger charge is -2.28. The van der Waals surface area contributed by atoms with Crippen LogP contribution in [0.1, 0.15) is 60.1 Å². The number of aromatic nitrogens is 2. The van der Waals surface area contributed by atoms with Crippen molar-refractivity contribution in [3.8, 4) is 0 Å².